The second-order valence-electron chi connectivity index (χ2n) is 9.62. The van der Waals surface area contributed by atoms with Gasteiger partial charge in [-0.05, 0) is 16.4 Å². The van der Waals surface area contributed by atoms with Crippen LogP contribution >= 0.6 is 0 Å². The molecule has 27 heavy (non-hydrogen) atoms. The first-order valence-corrected chi connectivity index (χ1v) is 9.56. The van der Waals surface area contributed by atoms with E-state index in [2.05, 4.69) is 0 Å². The van der Waals surface area contributed by atoms with Gasteiger partial charge in [0.25, 0.3) is 0 Å². The zero-order valence-electron chi connectivity index (χ0n) is 16.5. The molecule has 4 nitrogen and oxygen atoms in total. The van der Waals surface area contributed by atoms with Crippen molar-refractivity contribution in [2.75, 3.05) is 0 Å². The first-order valence-electron chi connectivity index (χ1n) is 9.56. The Morgan fingerprint density at radius 1 is 0.852 bits per heavy atom. The average Bonchev–Trinajstić information content (AvgIpc) is 2.50. The Labute approximate surface area is 160 Å². The summed E-state index contributed by atoms with van der Waals surface area (Å²) in [5.41, 5.74) is 0.306. The van der Waals surface area contributed by atoms with Crippen LogP contribution in [0.3, 0.4) is 0 Å². The van der Waals surface area contributed by atoms with Gasteiger partial charge in [0.2, 0.25) is 0 Å². The highest BCUT2D eigenvalue weighted by atomic mass is 16.3. The SMILES string of the molecule is CC1(C)CC(=O)C([C@H](C2=C(O)CC(C)(C)CC2=O)c2ccccc2)C(=O)C1. The third-order valence-electron chi connectivity index (χ3n) is 5.70. The monoisotopic (exact) mass is 368 g/mol. The van der Waals surface area contributed by atoms with E-state index < -0.39 is 11.8 Å². The van der Waals surface area contributed by atoms with Gasteiger partial charge in [0.15, 0.2) is 5.78 Å². The molecule has 1 saturated carbocycles. The van der Waals surface area contributed by atoms with E-state index in [1.165, 1.54) is 0 Å². The Kier molecular flexibility index (Phi) is 4.87. The van der Waals surface area contributed by atoms with E-state index in [9.17, 15) is 19.5 Å². The number of ketones is 3. The summed E-state index contributed by atoms with van der Waals surface area (Å²) in [6.45, 7) is 7.72. The molecule has 0 radical (unpaired) electrons. The van der Waals surface area contributed by atoms with E-state index in [0.717, 1.165) is 5.56 Å². The molecular weight excluding hydrogens is 340 g/mol. The van der Waals surface area contributed by atoms with Gasteiger partial charge in [0.1, 0.15) is 17.3 Å². The van der Waals surface area contributed by atoms with E-state index in [4.69, 9.17) is 0 Å². The highest BCUT2D eigenvalue weighted by Gasteiger charge is 2.48. The molecular formula is C23H28O4. The fourth-order valence-corrected chi connectivity index (χ4v) is 4.62. The van der Waals surface area contributed by atoms with Gasteiger partial charge in [-0.15, -0.1) is 0 Å². The van der Waals surface area contributed by atoms with Crippen molar-refractivity contribution in [3.05, 3.63) is 47.2 Å². The van der Waals surface area contributed by atoms with Gasteiger partial charge >= 0.3 is 0 Å². The van der Waals surface area contributed by atoms with Crippen molar-refractivity contribution in [1.29, 1.82) is 0 Å². The summed E-state index contributed by atoms with van der Waals surface area (Å²) >= 11 is 0. The van der Waals surface area contributed by atoms with Crippen LogP contribution < -0.4 is 0 Å². The van der Waals surface area contributed by atoms with E-state index >= 15 is 0 Å². The zero-order valence-corrected chi connectivity index (χ0v) is 16.5. The third-order valence-corrected chi connectivity index (χ3v) is 5.70. The van der Waals surface area contributed by atoms with Gasteiger partial charge in [-0.3, -0.25) is 14.4 Å². The molecule has 0 saturated heterocycles. The van der Waals surface area contributed by atoms with Crippen molar-refractivity contribution in [3.63, 3.8) is 0 Å². The predicted molar refractivity (Wildman–Crippen MR) is 103 cm³/mol. The molecule has 0 aliphatic heterocycles. The van der Waals surface area contributed by atoms with Crippen molar-refractivity contribution in [2.45, 2.75) is 59.3 Å². The summed E-state index contributed by atoms with van der Waals surface area (Å²) in [4.78, 5) is 38.9. The van der Waals surface area contributed by atoms with Crippen LogP contribution in [0.4, 0.5) is 0 Å². The van der Waals surface area contributed by atoms with E-state index in [1.807, 2.05) is 58.0 Å². The summed E-state index contributed by atoms with van der Waals surface area (Å²) in [6.07, 6.45) is 1.29. The van der Waals surface area contributed by atoms with Gasteiger partial charge in [-0.25, -0.2) is 0 Å². The zero-order chi connectivity index (χ0) is 20.0. The van der Waals surface area contributed by atoms with E-state index in [1.54, 1.807) is 0 Å². The summed E-state index contributed by atoms with van der Waals surface area (Å²) in [5, 5.41) is 10.7. The number of aliphatic hydroxyl groups excluding tert-OH is 1. The predicted octanol–water partition coefficient (Wildman–Crippen LogP) is 4.55. The van der Waals surface area contributed by atoms with Crippen LogP contribution in [0.25, 0.3) is 0 Å². The first-order chi connectivity index (χ1) is 12.5. The molecule has 0 heterocycles. The molecule has 2 aliphatic rings. The van der Waals surface area contributed by atoms with Crippen molar-refractivity contribution in [3.8, 4) is 0 Å². The molecule has 0 bridgehead atoms. The number of hydrogen-bond donors (Lipinski definition) is 1. The minimum absolute atomic E-state index is 0.0236. The first kappa shape index (κ1) is 19.5. The number of carbonyl (C=O) groups excluding carboxylic acids is 3. The number of allylic oxidation sites excluding steroid dienone is 2. The Morgan fingerprint density at radius 2 is 1.37 bits per heavy atom. The number of Topliss-reactive ketones (excluding diaryl/α,β-unsaturated/α-hetero) is 3. The molecule has 2 aliphatic carbocycles. The summed E-state index contributed by atoms with van der Waals surface area (Å²) in [6, 6.07) is 9.18. The Bertz CT molecular complexity index is 794. The topological polar surface area (TPSA) is 71.4 Å². The molecule has 4 heteroatoms. The number of carbonyl (C=O) groups is 3. The van der Waals surface area contributed by atoms with Crippen LogP contribution in [0.5, 0.6) is 0 Å². The molecule has 1 N–H and O–H groups in total. The fraction of sp³-hybridized carbons (Fsp3) is 0.522. The second-order valence-corrected chi connectivity index (χ2v) is 9.62. The lowest BCUT2D eigenvalue weighted by atomic mass is 9.62. The van der Waals surface area contributed by atoms with Gasteiger partial charge in [-0.1, -0.05) is 58.0 Å². The summed E-state index contributed by atoms with van der Waals surface area (Å²) in [5.74, 6) is -2.02. The van der Waals surface area contributed by atoms with E-state index in [-0.39, 0.29) is 39.5 Å². The average molecular weight is 368 g/mol. The maximum atomic E-state index is 13.0. The molecule has 1 aromatic rings. The van der Waals surface area contributed by atoms with Crippen molar-refractivity contribution < 1.29 is 19.5 Å². The van der Waals surface area contributed by atoms with Gasteiger partial charge in [0, 0.05) is 37.2 Å². The fourth-order valence-electron chi connectivity index (χ4n) is 4.62. The van der Waals surface area contributed by atoms with Crippen LogP contribution in [0.1, 0.15) is 64.9 Å². The maximum Gasteiger partial charge on any atom is 0.163 e. The molecule has 0 amide bonds. The number of rotatable bonds is 3. The van der Waals surface area contributed by atoms with Crippen molar-refractivity contribution in [2.24, 2.45) is 16.7 Å². The van der Waals surface area contributed by atoms with Gasteiger partial charge < -0.3 is 5.11 Å². The molecule has 0 spiro atoms. The minimum atomic E-state index is -0.900. The highest BCUT2D eigenvalue weighted by molar-refractivity contribution is 6.09. The molecule has 1 fully saturated rings. The van der Waals surface area contributed by atoms with Crippen LogP contribution in [0, 0.1) is 16.7 Å². The summed E-state index contributed by atoms with van der Waals surface area (Å²) < 4.78 is 0. The standard InChI is InChI=1S/C23H28O4/c1-22(2)10-15(24)20(16(25)11-22)19(14-8-6-5-7-9-14)21-17(26)12-23(3,4)13-18(21)27/h5-9,19-20,26H,10-13H2,1-4H3/t19-/m1/s1. The third kappa shape index (κ3) is 3.90. The normalized spacial score (nSPS) is 24.2. The van der Waals surface area contributed by atoms with E-state index in [0.29, 0.717) is 25.7 Å². The molecule has 1 atom stereocenters. The lowest BCUT2D eigenvalue weighted by Crippen LogP contribution is -2.43. The number of benzene rings is 1. The highest BCUT2D eigenvalue weighted by Crippen LogP contribution is 2.47. The maximum absolute atomic E-state index is 13.0. The molecule has 1 aromatic carbocycles. The van der Waals surface area contributed by atoms with Crippen LogP contribution in [-0.2, 0) is 14.4 Å². The van der Waals surface area contributed by atoms with Gasteiger partial charge in [0.05, 0.1) is 5.92 Å². The number of hydrogen-bond acceptors (Lipinski definition) is 4. The largest absolute Gasteiger partial charge is 0.512 e. The Balaban J connectivity index is 2.13. The second kappa shape index (κ2) is 6.74. The van der Waals surface area contributed by atoms with Crippen molar-refractivity contribution in [1.82, 2.24) is 0 Å². The molecule has 3 rings (SSSR count). The Morgan fingerprint density at radius 3 is 1.89 bits per heavy atom. The van der Waals surface area contributed by atoms with Gasteiger partial charge in [-0.2, -0.15) is 0 Å². The Hall–Kier alpha value is -2.23. The smallest absolute Gasteiger partial charge is 0.163 e. The van der Waals surface area contributed by atoms with Crippen LogP contribution in [-0.4, -0.2) is 22.5 Å². The van der Waals surface area contributed by atoms with Crippen LogP contribution in [0.15, 0.2) is 41.7 Å². The molecule has 0 aromatic heterocycles. The molecule has 144 valence electrons. The minimum Gasteiger partial charge on any atom is -0.512 e. The lowest BCUT2D eigenvalue weighted by Gasteiger charge is -2.39. The van der Waals surface area contributed by atoms with Crippen molar-refractivity contribution >= 4 is 17.3 Å². The van der Waals surface area contributed by atoms with Crippen LogP contribution in [0.2, 0.25) is 0 Å². The summed E-state index contributed by atoms with van der Waals surface area (Å²) in [7, 11) is 0. The molecule has 0 unspecified atom stereocenters. The lowest BCUT2D eigenvalue weighted by molar-refractivity contribution is -0.140. The number of aliphatic hydroxyl groups is 1. The quantitative estimate of drug-likeness (QED) is 0.795.